The molecule has 2 N–H and O–H groups in total. The molecule has 2 amide bonds. The third-order valence-electron chi connectivity index (χ3n) is 2.97. The molecule has 0 unspecified atom stereocenters. The standard InChI is InChI=1S/C17H24N2O5/c1-12(2)18-17(22)13-6-4-5-7-14(13)19-15(20)8-9-16(21)24-11-10-23-3/h4-7,12H,8-11H2,1-3H3,(H,18,22)(H,19,20). The summed E-state index contributed by atoms with van der Waals surface area (Å²) >= 11 is 0. The van der Waals surface area contributed by atoms with E-state index in [9.17, 15) is 14.4 Å². The van der Waals surface area contributed by atoms with Crippen molar-refractivity contribution in [1.82, 2.24) is 5.32 Å². The molecular weight excluding hydrogens is 312 g/mol. The van der Waals surface area contributed by atoms with Crippen LogP contribution in [0.5, 0.6) is 0 Å². The van der Waals surface area contributed by atoms with E-state index < -0.39 is 5.97 Å². The molecule has 0 saturated heterocycles. The van der Waals surface area contributed by atoms with Gasteiger partial charge in [-0.25, -0.2) is 0 Å². The molecule has 0 fully saturated rings. The highest BCUT2D eigenvalue weighted by Crippen LogP contribution is 2.15. The maximum atomic E-state index is 12.1. The molecule has 0 bridgehead atoms. The van der Waals surface area contributed by atoms with Crippen LogP contribution in [0.25, 0.3) is 0 Å². The second-order valence-electron chi connectivity index (χ2n) is 5.44. The maximum Gasteiger partial charge on any atom is 0.306 e. The molecule has 0 aliphatic heterocycles. The van der Waals surface area contributed by atoms with Gasteiger partial charge in [0.2, 0.25) is 5.91 Å². The van der Waals surface area contributed by atoms with Gasteiger partial charge in [-0.15, -0.1) is 0 Å². The van der Waals surface area contributed by atoms with Gasteiger partial charge < -0.3 is 20.1 Å². The summed E-state index contributed by atoms with van der Waals surface area (Å²) in [5.74, 6) is -1.09. The van der Waals surface area contributed by atoms with Gasteiger partial charge in [0.1, 0.15) is 6.61 Å². The molecule has 7 heteroatoms. The lowest BCUT2D eigenvalue weighted by atomic mass is 10.1. The second kappa shape index (κ2) is 10.4. The summed E-state index contributed by atoms with van der Waals surface area (Å²) in [6.07, 6.45) is -0.0537. The smallest absolute Gasteiger partial charge is 0.306 e. The summed E-state index contributed by atoms with van der Waals surface area (Å²) in [7, 11) is 1.51. The fourth-order valence-corrected chi connectivity index (χ4v) is 1.87. The van der Waals surface area contributed by atoms with Crippen molar-refractivity contribution in [3.8, 4) is 0 Å². The van der Waals surface area contributed by atoms with Crippen LogP contribution in [0.15, 0.2) is 24.3 Å². The number of hydrogen-bond donors (Lipinski definition) is 2. The zero-order valence-electron chi connectivity index (χ0n) is 14.3. The minimum Gasteiger partial charge on any atom is -0.463 e. The molecule has 0 aliphatic carbocycles. The lowest BCUT2D eigenvalue weighted by molar-refractivity contribution is -0.145. The molecule has 1 rings (SSSR count). The van der Waals surface area contributed by atoms with Gasteiger partial charge in [0, 0.05) is 19.6 Å². The molecule has 0 aromatic heterocycles. The van der Waals surface area contributed by atoms with Crippen LogP contribution in [-0.4, -0.2) is 44.1 Å². The number of carbonyl (C=O) groups is 3. The Morgan fingerprint density at radius 2 is 1.79 bits per heavy atom. The van der Waals surface area contributed by atoms with Crippen LogP contribution in [0.4, 0.5) is 5.69 Å². The van der Waals surface area contributed by atoms with Crippen LogP contribution in [0.2, 0.25) is 0 Å². The van der Waals surface area contributed by atoms with Gasteiger partial charge >= 0.3 is 5.97 Å². The number of rotatable bonds is 9. The number of benzene rings is 1. The first-order chi connectivity index (χ1) is 11.4. The maximum absolute atomic E-state index is 12.1. The van der Waals surface area contributed by atoms with E-state index in [0.29, 0.717) is 17.9 Å². The van der Waals surface area contributed by atoms with E-state index in [0.717, 1.165) is 0 Å². The normalized spacial score (nSPS) is 10.3. The van der Waals surface area contributed by atoms with E-state index in [1.54, 1.807) is 24.3 Å². The van der Waals surface area contributed by atoms with Gasteiger partial charge in [0.25, 0.3) is 5.91 Å². The molecule has 1 aromatic rings. The first-order valence-electron chi connectivity index (χ1n) is 7.78. The van der Waals surface area contributed by atoms with E-state index in [4.69, 9.17) is 9.47 Å². The van der Waals surface area contributed by atoms with Gasteiger partial charge in [-0.3, -0.25) is 14.4 Å². The van der Waals surface area contributed by atoms with Crippen LogP contribution in [0.3, 0.4) is 0 Å². The van der Waals surface area contributed by atoms with Crippen molar-refractivity contribution in [3.63, 3.8) is 0 Å². The summed E-state index contributed by atoms with van der Waals surface area (Å²) in [6.45, 7) is 4.19. The van der Waals surface area contributed by atoms with E-state index in [-0.39, 0.29) is 37.3 Å². The summed E-state index contributed by atoms with van der Waals surface area (Å²) in [6, 6.07) is 6.71. The zero-order valence-corrected chi connectivity index (χ0v) is 14.3. The van der Waals surface area contributed by atoms with Crippen LogP contribution in [-0.2, 0) is 19.1 Å². The first kappa shape index (κ1) is 19.6. The van der Waals surface area contributed by atoms with Gasteiger partial charge in [-0.05, 0) is 26.0 Å². The Morgan fingerprint density at radius 1 is 1.08 bits per heavy atom. The Morgan fingerprint density at radius 3 is 2.46 bits per heavy atom. The highest BCUT2D eigenvalue weighted by atomic mass is 16.6. The molecule has 0 aliphatic rings. The lowest BCUT2D eigenvalue weighted by Crippen LogP contribution is -2.31. The minimum atomic E-state index is -0.465. The van der Waals surface area contributed by atoms with Crippen molar-refractivity contribution in [2.24, 2.45) is 0 Å². The molecule has 0 atom stereocenters. The Bertz CT molecular complexity index is 572. The predicted octanol–water partition coefficient (Wildman–Crippen LogP) is 1.73. The van der Waals surface area contributed by atoms with E-state index in [1.807, 2.05) is 13.8 Å². The van der Waals surface area contributed by atoms with Crippen LogP contribution in [0.1, 0.15) is 37.0 Å². The van der Waals surface area contributed by atoms with Crippen molar-refractivity contribution in [1.29, 1.82) is 0 Å². The quantitative estimate of drug-likeness (QED) is 0.529. The molecule has 0 saturated carbocycles. The third-order valence-corrected chi connectivity index (χ3v) is 2.97. The topological polar surface area (TPSA) is 93.7 Å². The number of anilines is 1. The molecule has 0 heterocycles. The van der Waals surface area contributed by atoms with Crippen LogP contribution >= 0.6 is 0 Å². The van der Waals surface area contributed by atoms with Gasteiger partial charge in [-0.1, -0.05) is 12.1 Å². The van der Waals surface area contributed by atoms with E-state index in [1.165, 1.54) is 7.11 Å². The molecule has 132 valence electrons. The molecule has 7 nitrogen and oxygen atoms in total. The summed E-state index contributed by atoms with van der Waals surface area (Å²) < 4.78 is 9.65. The predicted molar refractivity (Wildman–Crippen MR) is 89.7 cm³/mol. The van der Waals surface area contributed by atoms with Gasteiger partial charge in [0.15, 0.2) is 0 Å². The Labute approximate surface area is 141 Å². The SMILES string of the molecule is COCCOC(=O)CCC(=O)Nc1ccccc1C(=O)NC(C)C. The molecule has 1 aromatic carbocycles. The highest BCUT2D eigenvalue weighted by Gasteiger charge is 2.14. The number of nitrogens with one attached hydrogen (secondary N) is 2. The number of carbonyl (C=O) groups excluding carboxylic acids is 3. The number of ether oxygens (including phenoxy) is 2. The van der Waals surface area contributed by atoms with E-state index in [2.05, 4.69) is 10.6 Å². The van der Waals surface area contributed by atoms with Crippen molar-refractivity contribution in [2.45, 2.75) is 32.7 Å². The molecule has 0 radical (unpaired) electrons. The number of esters is 1. The van der Waals surface area contributed by atoms with Crippen molar-refractivity contribution in [2.75, 3.05) is 25.6 Å². The van der Waals surface area contributed by atoms with Gasteiger partial charge in [0.05, 0.1) is 24.3 Å². The average molecular weight is 336 g/mol. The minimum absolute atomic E-state index is 0.0110. The summed E-state index contributed by atoms with van der Waals surface area (Å²) in [4.78, 5) is 35.5. The van der Waals surface area contributed by atoms with Crippen LogP contribution < -0.4 is 10.6 Å². The highest BCUT2D eigenvalue weighted by molar-refractivity contribution is 6.04. The molecular formula is C17H24N2O5. The Hall–Kier alpha value is -2.41. The fourth-order valence-electron chi connectivity index (χ4n) is 1.87. The average Bonchev–Trinajstić information content (AvgIpc) is 2.53. The summed E-state index contributed by atoms with van der Waals surface area (Å²) in [5.41, 5.74) is 0.788. The van der Waals surface area contributed by atoms with Crippen molar-refractivity contribution >= 4 is 23.5 Å². The largest absolute Gasteiger partial charge is 0.463 e. The Balaban J connectivity index is 2.55. The molecule has 0 spiro atoms. The Kier molecular flexibility index (Phi) is 8.49. The number of para-hydroxylation sites is 1. The van der Waals surface area contributed by atoms with Crippen molar-refractivity contribution < 1.29 is 23.9 Å². The fraction of sp³-hybridized carbons (Fsp3) is 0.471. The lowest BCUT2D eigenvalue weighted by Gasteiger charge is -2.13. The summed E-state index contributed by atoms with van der Waals surface area (Å²) in [5, 5.41) is 5.43. The van der Waals surface area contributed by atoms with Crippen LogP contribution in [0, 0.1) is 0 Å². The monoisotopic (exact) mass is 336 g/mol. The second-order valence-corrected chi connectivity index (χ2v) is 5.44. The number of methoxy groups -OCH3 is 1. The van der Waals surface area contributed by atoms with Crippen molar-refractivity contribution in [3.05, 3.63) is 29.8 Å². The van der Waals surface area contributed by atoms with E-state index >= 15 is 0 Å². The molecule has 24 heavy (non-hydrogen) atoms. The number of hydrogen-bond acceptors (Lipinski definition) is 5. The number of amides is 2. The zero-order chi connectivity index (χ0) is 17.9. The third kappa shape index (κ3) is 7.23. The van der Waals surface area contributed by atoms with Gasteiger partial charge in [-0.2, -0.15) is 0 Å². The first-order valence-corrected chi connectivity index (χ1v) is 7.78.